The zero-order chi connectivity index (χ0) is 11.3. The average molecular weight is 232 g/mol. The Morgan fingerprint density at radius 1 is 1.00 bits per heavy atom. The number of carboxylic acids is 2. The molecule has 0 fully saturated rings. The number of carbonyl (C=O) groups is 2. The van der Waals surface area contributed by atoms with E-state index in [2.05, 4.69) is 0 Å². The summed E-state index contributed by atoms with van der Waals surface area (Å²) in [5.41, 5.74) is 0. The van der Waals surface area contributed by atoms with Gasteiger partial charge in [0.25, 0.3) is 0 Å². The summed E-state index contributed by atoms with van der Waals surface area (Å²) in [6.07, 6.45) is 0. The van der Waals surface area contributed by atoms with Crippen molar-refractivity contribution in [2.75, 3.05) is 13.2 Å². The SMILES string of the molecule is O=C([O-])CO.O=C([O-])CO.[OH][Ti+2][OH]. The van der Waals surface area contributed by atoms with Crippen molar-refractivity contribution in [1.82, 2.24) is 0 Å². The number of hydrogen-bond acceptors (Lipinski definition) is 8. The van der Waals surface area contributed by atoms with Crippen LogP contribution in [0.1, 0.15) is 0 Å². The number of carbonyl (C=O) groups excluding carboxylic acids is 2. The fourth-order valence-corrected chi connectivity index (χ4v) is 0. The third-order valence-electron chi connectivity index (χ3n) is 0.258. The van der Waals surface area contributed by atoms with Crippen LogP contribution in [0.4, 0.5) is 0 Å². The molecule has 13 heavy (non-hydrogen) atoms. The summed E-state index contributed by atoms with van der Waals surface area (Å²) in [6.45, 7) is -1.78. The van der Waals surface area contributed by atoms with Gasteiger partial charge in [0.2, 0.25) is 0 Å². The molecule has 0 saturated carbocycles. The monoisotopic (exact) mass is 232 g/mol. The van der Waals surface area contributed by atoms with E-state index < -0.39 is 45.1 Å². The van der Waals surface area contributed by atoms with E-state index >= 15 is 0 Å². The first-order chi connectivity index (χ1) is 5.95. The molecule has 4 N–H and O–H groups in total. The number of rotatable bonds is 2. The first kappa shape index (κ1) is 18.3. The molecule has 76 valence electrons. The molecular weight excluding hydrogens is 224 g/mol. The van der Waals surface area contributed by atoms with E-state index in [-0.39, 0.29) is 0 Å². The zero-order valence-corrected chi connectivity index (χ0v) is 7.90. The second-order valence-electron chi connectivity index (χ2n) is 1.16. The standard InChI is InChI=1S/2C2H4O3.2H2O.Ti/c2*3-1-2(4)5;;;/h2*3H,1H2,(H,4,5);2*1H2;/q;;;;+4/p-4. The summed E-state index contributed by atoms with van der Waals surface area (Å²) < 4.78 is 14.5. The van der Waals surface area contributed by atoms with Crippen LogP contribution in [0.5, 0.6) is 0 Å². The van der Waals surface area contributed by atoms with Crippen LogP contribution in [0, 0.1) is 0 Å². The van der Waals surface area contributed by atoms with Crippen molar-refractivity contribution in [3.05, 3.63) is 0 Å². The number of carboxylic acid groups (broad SMARTS) is 2. The Labute approximate surface area is 82.9 Å². The Balaban J connectivity index is -0.000000120. The summed E-state index contributed by atoms with van der Waals surface area (Å²) in [5.74, 6) is -2.88. The van der Waals surface area contributed by atoms with Crippen LogP contribution >= 0.6 is 0 Å². The summed E-state index contributed by atoms with van der Waals surface area (Å²) in [5, 5.41) is 33.0. The van der Waals surface area contributed by atoms with Gasteiger partial charge in [-0.15, -0.1) is 0 Å². The minimum absolute atomic E-state index is 0.889. The number of aliphatic hydroxyl groups is 2. The van der Waals surface area contributed by atoms with Crippen molar-refractivity contribution in [3.63, 3.8) is 0 Å². The molecule has 0 saturated heterocycles. The van der Waals surface area contributed by atoms with E-state index in [4.69, 9.17) is 37.4 Å². The quantitative estimate of drug-likeness (QED) is 0.342. The van der Waals surface area contributed by atoms with Crippen LogP contribution in [0.2, 0.25) is 0 Å². The van der Waals surface area contributed by atoms with Crippen LogP contribution in [0.15, 0.2) is 0 Å². The summed E-state index contributed by atoms with van der Waals surface area (Å²) in [7, 11) is 0. The Bertz CT molecular complexity index is 111. The van der Waals surface area contributed by atoms with Gasteiger partial charge in [0.15, 0.2) is 0 Å². The Morgan fingerprint density at radius 3 is 1.08 bits per heavy atom. The molecule has 0 spiro atoms. The van der Waals surface area contributed by atoms with Crippen LogP contribution in [0.25, 0.3) is 0 Å². The summed E-state index contributed by atoms with van der Waals surface area (Å²) >= 11 is -1.50. The van der Waals surface area contributed by atoms with Gasteiger partial charge < -0.3 is 30.0 Å². The molecule has 0 atom stereocenters. The van der Waals surface area contributed by atoms with Crippen LogP contribution in [-0.2, 0) is 29.5 Å². The van der Waals surface area contributed by atoms with E-state index in [1.54, 1.807) is 0 Å². The van der Waals surface area contributed by atoms with Crippen LogP contribution < -0.4 is 10.2 Å². The second-order valence-corrected chi connectivity index (χ2v) is 1.47. The third kappa shape index (κ3) is 84.9. The molecule has 0 bridgehead atoms. The number of aliphatic carboxylic acids is 2. The van der Waals surface area contributed by atoms with Gasteiger partial charge in [-0.1, -0.05) is 0 Å². The second kappa shape index (κ2) is 17.5. The van der Waals surface area contributed by atoms with E-state index in [9.17, 15) is 0 Å². The molecule has 9 heteroatoms. The van der Waals surface area contributed by atoms with E-state index in [1.165, 1.54) is 0 Å². The van der Waals surface area contributed by atoms with Crippen molar-refractivity contribution in [2.24, 2.45) is 0 Å². The predicted octanol–water partition coefficient (Wildman–Crippen LogP) is -5.66. The molecule has 0 radical (unpaired) electrons. The Kier molecular flexibility index (Phi) is 24.7. The molecule has 0 heterocycles. The van der Waals surface area contributed by atoms with Crippen molar-refractivity contribution >= 4 is 11.9 Å². The van der Waals surface area contributed by atoms with Crippen molar-refractivity contribution in [1.29, 1.82) is 0 Å². The van der Waals surface area contributed by atoms with Gasteiger partial charge >= 0.3 is 27.3 Å². The molecule has 0 rings (SSSR count). The van der Waals surface area contributed by atoms with Gasteiger partial charge in [0.05, 0.1) is 25.2 Å². The van der Waals surface area contributed by atoms with Crippen molar-refractivity contribution in [3.8, 4) is 0 Å². The summed E-state index contributed by atoms with van der Waals surface area (Å²) in [4.78, 5) is 18.0. The molecule has 0 amide bonds. The zero-order valence-electron chi connectivity index (χ0n) is 6.34. The van der Waals surface area contributed by atoms with E-state index in [1.807, 2.05) is 0 Å². The fourth-order valence-electron chi connectivity index (χ4n) is 0. The van der Waals surface area contributed by atoms with Crippen LogP contribution in [-0.4, -0.2) is 42.7 Å². The maximum absolute atomic E-state index is 9.01. The molecule has 0 aromatic rings. The number of hydrogen-bond donors (Lipinski definition) is 4. The minimum atomic E-state index is -1.50. The molecule has 0 aliphatic heterocycles. The molecule has 0 unspecified atom stereocenters. The third-order valence-corrected chi connectivity index (χ3v) is 0.258. The van der Waals surface area contributed by atoms with Crippen molar-refractivity contribution < 1.29 is 57.3 Å². The molecule has 0 aromatic heterocycles. The van der Waals surface area contributed by atoms with Crippen molar-refractivity contribution in [2.45, 2.75) is 0 Å². The Morgan fingerprint density at radius 2 is 1.08 bits per heavy atom. The predicted molar refractivity (Wildman–Crippen MR) is 28.6 cm³/mol. The molecule has 8 nitrogen and oxygen atoms in total. The molecular formula is C4H8O8Ti. The van der Waals surface area contributed by atoms with Crippen LogP contribution in [0.3, 0.4) is 0 Å². The normalized spacial score (nSPS) is 6.46. The average Bonchev–Trinajstić information content (AvgIpc) is 2.07. The van der Waals surface area contributed by atoms with Gasteiger partial charge in [-0.25, -0.2) is 0 Å². The van der Waals surface area contributed by atoms with Gasteiger partial charge in [0, 0.05) is 0 Å². The molecule has 0 aliphatic rings. The first-order valence-corrected chi connectivity index (χ1v) is 4.00. The van der Waals surface area contributed by atoms with Gasteiger partial charge in [-0.3, -0.25) is 0 Å². The first-order valence-electron chi connectivity index (χ1n) is 2.60. The fraction of sp³-hybridized carbons (Fsp3) is 0.500. The Hall–Kier alpha value is -0.506. The topological polar surface area (TPSA) is 161 Å². The van der Waals surface area contributed by atoms with Gasteiger partial charge in [-0.05, 0) is 0 Å². The molecule has 0 aliphatic carbocycles. The van der Waals surface area contributed by atoms with E-state index in [0.29, 0.717) is 0 Å². The van der Waals surface area contributed by atoms with E-state index in [0.717, 1.165) is 0 Å². The van der Waals surface area contributed by atoms with Gasteiger partial charge in [0.1, 0.15) is 0 Å². The maximum atomic E-state index is 9.01. The summed E-state index contributed by atoms with van der Waals surface area (Å²) in [6, 6.07) is 0. The van der Waals surface area contributed by atoms with Gasteiger partial charge in [-0.2, -0.15) is 0 Å². The molecule has 0 aromatic carbocycles. The number of aliphatic hydroxyl groups excluding tert-OH is 2.